The summed E-state index contributed by atoms with van der Waals surface area (Å²) in [4.78, 5) is 34.0. The summed E-state index contributed by atoms with van der Waals surface area (Å²) in [5, 5.41) is 37.2. The number of aliphatic hydroxyl groups is 2. The number of rotatable bonds is 3. The zero-order chi connectivity index (χ0) is 24.6. The van der Waals surface area contributed by atoms with Crippen LogP contribution < -0.4 is 22.1 Å². The number of nitrogens with two attached hydrogens (primary N) is 2. The van der Waals surface area contributed by atoms with Crippen LogP contribution in [0.25, 0.3) is 0 Å². The van der Waals surface area contributed by atoms with Gasteiger partial charge >= 0.3 is 5.97 Å². The second-order valence-electron chi connectivity index (χ2n) is 8.96. The zero-order valence-electron chi connectivity index (χ0n) is 17.7. The molecule has 1 saturated heterocycles. The molecule has 4 unspecified atom stereocenters. The number of carboxylic acids is 1. The van der Waals surface area contributed by atoms with E-state index < -0.39 is 53.8 Å². The highest BCUT2D eigenvalue weighted by Gasteiger charge is 2.74. The van der Waals surface area contributed by atoms with Crippen molar-refractivity contribution in [3.8, 4) is 0 Å². The first kappa shape index (κ1) is 22.3. The molecule has 1 aliphatic carbocycles. The minimum Gasteiger partial charge on any atom is -0.480 e. The summed E-state index contributed by atoms with van der Waals surface area (Å²) in [7, 11) is 0. The standard InChI is InChI=1S/C20H23F2N7O5/c21-18(22)5-4-8-2-1-3-9(10(8)6-18)14(30)25-11-7-29-17(24)26-12(15(31)32)13-19(29,20(11,33)34)28-16(23)27-13/h1-3,11-13,33-34H,4-7H2,(H2,24,26)(H,25,30)(H,31,32)(H3,23,27,28). The van der Waals surface area contributed by atoms with Crippen LogP contribution in [0.1, 0.15) is 27.9 Å². The molecule has 5 rings (SSSR count). The summed E-state index contributed by atoms with van der Waals surface area (Å²) in [6.45, 7) is -0.294. The molecular weight excluding hydrogens is 456 g/mol. The van der Waals surface area contributed by atoms with Crippen molar-refractivity contribution in [3.63, 3.8) is 0 Å². The minimum atomic E-state index is -2.96. The van der Waals surface area contributed by atoms with E-state index in [9.17, 15) is 33.7 Å². The number of amides is 1. The quantitative estimate of drug-likeness (QED) is 0.232. The third kappa shape index (κ3) is 2.94. The third-order valence-electron chi connectivity index (χ3n) is 6.98. The summed E-state index contributed by atoms with van der Waals surface area (Å²) in [6.07, 6.45) is -0.817. The number of benzene rings is 1. The SMILES string of the molecule is NC1=NC2C(C(=O)O)N=C(N)N3CC(NC(=O)c4cccc5c4CC(F)(F)CC5)C(O)(O)C23N1. The largest absolute Gasteiger partial charge is 0.480 e. The average molecular weight is 479 g/mol. The van der Waals surface area contributed by atoms with Gasteiger partial charge in [0.15, 0.2) is 23.6 Å². The van der Waals surface area contributed by atoms with Crippen molar-refractivity contribution in [2.45, 2.75) is 54.8 Å². The van der Waals surface area contributed by atoms with Gasteiger partial charge in [-0.15, -0.1) is 0 Å². The number of hydrogen-bond donors (Lipinski definition) is 7. The lowest BCUT2D eigenvalue weighted by Crippen LogP contribution is -2.78. The van der Waals surface area contributed by atoms with Crippen LogP contribution in [-0.2, 0) is 17.6 Å². The highest BCUT2D eigenvalue weighted by atomic mass is 19.3. The highest BCUT2D eigenvalue weighted by Crippen LogP contribution is 2.45. The molecule has 1 spiro atoms. The number of nitrogens with zero attached hydrogens (tertiary/aromatic N) is 3. The number of aliphatic imine (C=N–C) groups is 2. The summed E-state index contributed by atoms with van der Waals surface area (Å²) in [5.41, 5.74) is 10.5. The Bertz CT molecular complexity index is 1160. The van der Waals surface area contributed by atoms with Crippen molar-refractivity contribution >= 4 is 23.8 Å². The molecule has 1 aromatic rings. The van der Waals surface area contributed by atoms with Gasteiger partial charge in [0.2, 0.25) is 5.79 Å². The van der Waals surface area contributed by atoms with Gasteiger partial charge < -0.3 is 42.3 Å². The lowest BCUT2D eigenvalue weighted by Gasteiger charge is -2.48. The number of halogens is 2. The number of fused-ring (bicyclic) bond motifs is 1. The maximum Gasteiger partial charge on any atom is 0.331 e. The molecule has 4 aliphatic rings. The maximum absolute atomic E-state index is 14.1. The molecule has 1 amide bonds. The fourth-order valence-corrected chi connectivity index (χ4v) is 5.38. The lowest BCUT2D eigenvalue weighted by atomic mass is 9.84. The number of guanidine groups is 2. The Morgan fingerprint density at radius 2 is 1.97 bits per heavy atom. The number of alkyl halides is 2. The predicted molar refractivity (Wildman–Crippen MR) is 113 cm³/mol. The van der Waals surface area contributed by atoms with Crippen molar-refractivity contribution in [1.82, 2.24) is 15.5 Å². The fraction of sp³-hybridized carbons (Fsp3) is 0.500. The van der Waals surface area contributed by atoms with Gasteiger partial charge in [0.1, 0.15) is 12.1 Å². The molecule has 0 saturated carbocycles. The van der Waals surface area contributed by atoms with Gasteiger partial charge in [-0.3, -0.25) is 4.79 Å². The topological polar surface area (TPSA) is 199 Å². The van der Waals surface area contributed by atoms with Gasteiger partial charge in [0.05, 0.1) is 0 Å². The van der Waals surface area contributed by atoms with E-state index in [2.05, 4.69) is 20.6 Å². The van der Waals surface area contributed by atoms with Gasteiger partial charge in [-0.2, -0.15) is 0 Å². The van der Waals surface area contributed by atoms with Crippen LogP contribution in [0.15, 0.2) is 28.2 Å². The van der Waals surface area contributed by atoms with Crippen LogP contribution in [0, 0.1) is 0 Å². The third-order valence-corrected chi connectivity index (χ3v) is 6.98. The molecule has 0 bridgehead atoms. The van der Waals surface area contributed by atoms with Crippen LogP contribution >= 0.6 is 0 Å². The monoisotopic (exact) mass is 479 g/mol. The number of nitrogens with one attached hydrogen (secondary N) is 2. The van der Waals surface area contributed by atoms with E-state index >= 15 is 0 Å². The van der Waals surface area contributed by atoms with Crippen molar-refractivity contribution < 1.29 is 33.7 Å². The van der Waals surface area contributed by atoms with Crippen LogP contribution in [0.2, 0.25) is 0 Å². The second kappa shape index (κ2) is 6.99. The molecule has 1 fully saturated rings. The Labute approximate surface area is 191 Å². The van der Waals surface area contributed by atoms with Gasteiger partial charge in [-0.25, -0.2) is 23.6 Å². The molecule has 0 aromatic heterocycles. The zero-order valence-corrected chi connectivity index (χ0v) is 17.7. The van der Waals surface area contributed by atoms with E-state index in [-0.39, 0.29) is 42.4 Å². The Balaban J connectivity index is 1.49. The van der Waals surface area contributed by atoms with Gasteiger partial charge in [-0.05, 0) is 23.6 Å². The number of carbonyl (C=O) groups is 2. The molecule has 4 atom stereocenters. The Morgan fingerprint density at radius 3 is 2.68 bits per heavy atom. The highest BCUT2D eigenvalue weighted by molar-refractivity contribution is 5.97. The van der Waals surface area contributed by atoms with E-state index in [1.807, 2.05) is 0 Å². The van der Waals surface area contributed by atoms with Gasteiger partial charge in [0, 0.05) is 24.9 Å². The fourth-order valence-electron chi connectivity index (χ4n) is 5.38. The van der Waals surface area contributed by atoms with Crippen LogP contribution in [0.5, 0.6) is 0 Å². The first-order chi connectivity index (χ1) is 15.9. The first-order valence-electron chi connectivity index (χ1n) is 10.6. The van der Waals surface area contributed by atoms with Crippen LogP contribution in [0.3, 0.4) is 0 Å². The minimum absolute atomic E-state index is 0.00760. The van der Waals surface area contributed by atoms with E-state index in [0.29, 0.717) is 5.56 Å². The van der Waals surface area contributed by atoms with Crippen molar-refractivity contribution in [1.29, 1.82) is 0 Å². The maximum atomic E-state index is 14.1. The number of aryl methyl sites for hydroxylation is 1. The molecule has 3 heterocycles. The van der Waals surface area contributed by atoms with Crippen molar-refractivity contribution in [2.24, 2.45) is 21.5 Å². The molecule has 34 heavy (non-hydrogen) atoms. The van der Waals surface area contributed by atoms with E-state index in [1.54, 1.807) is 12.1 Å². The smallest absolute Gasteiger partial charge is 0.331 e. The lowest BCUT2D eigenvalue weighted by molar-refractivity contribution is -0.230. The predicted octanol–water partition coefficient (Wildman–Crippen LogP) is -2.33. The second-order valence-corrected chi connectivity index (χ2v) is 8.96. The van der Waals surface area contributed by atoms with Crippen molar-refractivity contribution in [3.05, 3.63) is 34.9 Å². The number of carbonyl (C=O) groups excluding carboxylic acids is 1. The molecule has 1 aromatic carbocycles. The molecule has 3 aliphatic heterocycles. The van der Waals surface area contributed by atoms with E-state index in [1.165, 1.54) is 11.0 Å². The molecule has 0 radical (unpaired) electrons. The average Bonchev–Trinajstić information content (AvgIpc) is 3.21. The molecule has 14 heteroatoms. The Hall–Kier alpha value is -3.52. The normalized spacial score (nSPS) is 32.5. The Morgan fingerprint density at radius 1 is 1.24 bits per heavy atom. The molecular formula is C20H23F2N7O5. The number of hydrogen-bond acceptors (Lipinski definition) is 10. The number of aliphatic carboxylic acids is 1. The van der Waals surface area contributed by atoms with E-state index in [0.717, 1.165) is 0 Å². The summed E-state index contributed by atoms with van der Waals surface area (Å²) in [5.74, 6) is -8.57. The van der Waals surface area contributed by atoms with Crippen LogP contribution in [-0.4, -0.2) is 86.1 Å². The molecule has 9 N–H and O–H groups in total. The van der Waals surface area contributed by atoms with Gasteiger partial charge in [0.25, 0.3) is 11.8 Å². The first-order valence-corrected chi connectivity index (χ1v) is 10.6. The summed E-state index contributed by atoms with van der Waals surface area (Å²) >= 11 is 0. The summed E-state index contributed by atoms with van der Waals surface area (Å²) < 4.78 is 28.1. The van der Waals surface area contributed by atoms with E-state index in [4.69, 9.17) is 11.5 Å². The van der Waals surface area contributed by atoms with Crippen LogP contribution in [0.4, 0.5) is 8.78 Å². The molecule has 182 valence electrons. The molecule has 12 nitrogen and oxygen atoms in total. The van der Waals surface area contributed by atoms with Gasteiger partial charge in [-0.1, -0.05) is 12.1 Å². The summed E-state index contributed by atoms with van der Waals surface area (Å²) in [6, 6.07) is 0.260. The van der Waals surface area contributed by atoms with Crippen molar-refractivity contribution in [2.75, 3.05) is 6.54 Å². The number of carboxylic acid groups (broad SMARTS) is 1. The Kier molecular flexibility index (Phi) is 4.58.